The molecule has 3 aromatic carbocycles. The third kappa shape index (κ3) is 6.45. The van der Waals surface area contributed by atoms with Crippen molar-refractivity contribution >= 4 is 30.5 Å². The standard InChI is InChI=1S/C31H38O4SSi/c1-30(2,3)37(25-17-11-7-12-18-25,26-19-13-8-14-20-26)33-23-27(32)29-28(34-31(4,5)35-29)21-22-36-24-15-9-6-10-16-24/h6-22,27-29,32H,23H2,1-5H3/b22-21+/t27-,28+,29-/m1/s1. The average Bonchev–Trinajstić information content (AvgIpc) is 3.19. The molecule has 0 amide bonds. The zero-order chi connectivity index (χ0) is 26.5. The lowest BCUT2D eigenvalue weighted by molar-refractivity contribution is -0.155. The van der Waals surface area contributed by atoms with Crippen molar-refractivity contribution in [3.05, 3.63) is 102 Å². The molecule has 0 saturated carbocycles. The van der Waals surface area contributed by atoms with Crippen molar-refractivity contribution in [1.82, 2.24) is 0 Å². The Balaban J connectivity index is 1.58. The van der Waals surface area contributed by atoms with Crippen molar-refractivity contribution in [2.75, 3.05) is 6.61 Å². The molecular formula is C31H38O4SSi. The number of aliphatic hydroxyl groups excluding tert-OH is 1. The predicted molar refractivity (Wildman–Crippen MR) is 155 cm³/mol. The van der Waals surface area contributed by atoms with Crippen molar-refractivity contribution in [3.63, 3.8) is 0 Å². The van der Waals surface area contributed by atoms with Crippen LogP contribution >= 0.6 is 11.8 Å². The van der Waals surface area contributed by atoms with Crippen LogP contribution in [0.15, 0.2) is 107 Å². The summed E-state index contributed by atoms with van der Waals surface area (Å²) in [5.74, 6) is -0.796. The predicted octanol–water partition coefficient (Wildman–Crippen LogP) is 5.75. The van der Waals surface area contributed by atoms with Gasteiger partial charge in [-0.2, -0.15) is 0 Å². The fourth-order valence-corrected chi connectivity index (χ4v) is 10.3. The van der Waals surface area contributed by atoms with Crippen LogP contribution in [0.3, 0.4) is 0 Å². The van der Waals surface area contributed by atoms with E-state index in [2.05, 4.69) is 81.4 Å². The van der Waals surface area contributed by atoms with Gasteiger partial charge in [0.15, 0.2) is 5.79 Å². The number of thioether (sulfide) groups is 1. The van der Waals surface area contributed by atoms with Gasteiger partial charge < -0.3 is 19.0 Å². The topological polar surface area (TPSA) is 47.9 Å². The number of hydrogen-bond donors (Lipinski definition) is 1. The Bertz CT molecular complexity index is 1110. The second kappa shape index (κ2) is 11.7. The van der Waals surface area contributed by atoms with Crippen LogP contribution in [0.2, 0.25) is 5.04 Å². The Morgan fingerprint density at radius 1 is 0.892 bits per heavy atom. The van der Waals surface area contributed by atoms with Gasteiger partial charge in [0.2, 0.25) is 0 Å². The van der Waals surface area contributed by atoms with Gasteiger partial charge in [0.05, 0.1) is 6.61 Å². The van der Waals surface area contributed by atoms with Crippen molar-refractivity contribution in [2.45, 2.75) is 68.7 Å². The first-order chi connectivity index (χ1) is 17.6. The van der Waals surface area contributed by atoms with E-state index in [9.17, 15) is 5.11 Å². The summed E-state index contributed by atoms with van der Waals surface area (Å²) in [5, 5.41) is 15.6. The van der Waals surface area contributed by atoms with Gasteiger partial charge in [-0.1, -0.05) is 111 Å². The highest BCUT2D eigenvalue weighted by Crippen LogP contribution is 2.38. The van der Waals surface area contributed by atoms with E-state index in [-0.39, 0.29) is 17.7 Å². The van der Waals surface area contributed by atoms with E-state index in [0.29, 0.717) is 0 Å². The molecule has 6 heteroatoms. The van der Waals surface area contributed by atoms with Crippen LogP contribution in [0.4, 0.5) is 0 Å². The fraction of sp³-hybridized carbons (Fsp3) is 0.355. The second-order valence-corrected chi connectivity index (χ2v) is 16.2. The van der Waals surface area contributed by atoms with Gasteiger partial charge in [-0.05, 0) is 52.9 Å². The smallest absolute Gasteiger partial charge is 0.261 e. The maximum atomic E-state index is 11.4. The molecule has 1 fully saturated rings. The van der Waals surface area contributed by atoms with Crippen molar-refractivity contribution < 1.29 is 19.0 Å². The number of benzene rings is 3. The second-order valence-electron chi connectivity index (χ2n) is 10.9. The van der Waals surface area contributed by atoms with E-state index < -0.39 is 26.3 Å². The first-order valence-electron chi connectivity index (χ1n) is 12.8. The Morgan fingerprint density at radius 3 is 1.92 bits per heavy atom. The van der Waals surface area contributed by atoms with Gasteiger partial charge in [0.1, 0.15) is 18.3 Å². The molecule has 196 valence electrons. The van der Waals surface area contributed by atoms with E-state index in [1.807, 2.05) is 55.7 Å². The molecule has 1 heterocycles. The zero-order valence-electron chi connectivity index (χ0n) is 22.3. The molecule has 0 bridgehead atoms. The highest BCUT2D eigenvalue weighted by atomic mass is 32.2. The van der Waals surface area contributed by atoms with Crippen LogP contribution in [0.25, 0.3) is 0 Å². The number of hydrogen-bond acceptors (Lipinski definition) is 5. The van der Waals surface area contributed by atoms with Gasteiger partial charge in [-0.3, -0.25) is 0 Å². The van der Waals surface area contributed by atoms with Crippen molar-refractivity contribution in [2.24, 2.45) is 0 Å². The lowest BCUT2D eigenvalue weighted by Gasteiger charge is -2.43. The maximum Gasteiger partial charge on any atom is 0.261 e. The van der Waals surface area contributed by atoms with Crippen LogP contribution in [0, 0.1) is 0 Å². The first kappa shape index (κ1) is 27.8. The van der Waals surface area contributed by atoms with Crippen molar-refractivity contribution in [3.8, 4) is 0 Å². The summed E-state index contributed by atoms with van der Waals surface area (Å²) in [6.07, 6.45) is 0.188. The summed E-state index contributed by atoms with van der Waals surface area (Å²) in [5.41, 5.74) is 0. The highest BCUT2D eigenvalue weighted by Gasteiger charge is 2.51. The molecule has 3 aromatic rings. The van der Waals surface area contributed by atoms with E-state index in [4.69, 9.17) is 13.9 Å². The largest absolute Gasteiger partial charge is 0.405 e. The van der Waals surface area contributed by atoms with E-state index in [1.165, 1.54) is 10.4 Å². The summed E-state index contributed by atoms with van der Waals surface area (Å²) in [7, 11) is -2.77. The van der Waals surface area contributed by atoms with E-state index >= 15 is 0 Å². The van der Waals surface area contributed by atoms with Crippen LogP contribution in [0.1, 0.15) is 34.6 Å². The molecule has 0 aromatic heterocycles. The molecule has 0 radical (unpaired) electrons. The monoisotopic (exact) mass is 534 g/mol. The lowest BCUT2D eigenvalue weighted by Crippen LogP contribution is -2.67. The minimum absolute atomic E-state index is 0.146. The fourth-order valence-electron chi connectivity index (χ4n) is 5.02. The SMILES string of the molecule is CC1(C)O[C@H]([C@H](O)CO[Si](c2ccccc2)(c2ccccc2)C(C)(C)C)[C@H](/C=C/Sc2ccccc2)O1. The third-order valence-electron chi connectivity index (χ3n) is 6.65. The van der Waals surface area contributed by atoms with E-state index in [0.717, 1.165) is 4.90 Å². The third-order valence-corrected chi connectivity index (χ3v) is 12.5. The summed E-state index contributed by atoms with van der Waals surface area (Å²) < 4.78 is 19.3. The van der Waals surface area contributed by atoms with Crippen LogP contribution in [-0.4, -0.2) is 44.1 Å². The van der Waals surface area contributed by atoms with Gasteiger partial charge in [0.25, 0.3) is 8.32 Å². The van der Waals surface area contributed by atoms with Crippen LogP contribution in [0.5, 0.6) is 0 Å². The molecule has 1 N–H and O–H groups in total. The van der Waals surface area contributed by atoms with E-state index in [1.54, 1.807) is 11.8 Å². The van der Waals surface area contributed by atoms with Gasteiger partial charge in [-0.15, -0.1) is 0 Å². The minimum Gasteiger partial charge on any atom is -0.405 e. The Morgan fingerprint density at radius 2 is 1.41 bits per heavy atom. The Hall–Kier alpha value is -2.19. The molecule has 1 aliphatic heterocycles. The molecular weight excluding hydrogens is 496 g/mol. The molecule has 3 atom stereocenters. The number of ether oxygens (including phenoxy) is 2. The van der Waals surface area contributed by atoms with Crippen LogP contribution < -0.4 is 10.4 Å². The zero-order valence-corrected chi connectivity index (χ0v) is 24.2. The molecule has 4 rings (SSSR count). The molecule has 0 unspecified atom stereocenters. The quantitative estimate of drug-likeness (QED) is 0.280. The molecule has 0 aliphatic carbocycles. The summed E-state index contributed by atoms with van der Waals surface area (Å²) >= 11 is 1.61. The molecule has 4 nitrogen and oxygen atoms in total. The van der Waals surface area contributed by atoms with Crippen LogP contribution in [-0.2, 0) is 13.9 Å². The summed E-state index contributed by atoms with van der Waals surface area (Å²) in [6, 6.07) is 31.1. The Labute approximate surface area is 226 Å². The highest BCUT2D eigenvalue weighted by molar-refractivity contribution is 8.02. The average molecular weight is 535 g/mol. The minimum atomic E-state index is -2.77. The van der Waals surface area contributed by atoms with Crippen molar-refractivity contribution in [1.29, 1.82) is 0 Å². The summed E-state index contributed by atoms with van der Waals surface area (Å²) in [4.78, 5) is 1.14. The maximum absolute atomic E-state index is 11.4. The lowest BCUT2D eigenvalue weighted by atomic mass is 10.1. The first-order valence-corrected chi connectivity index (χ1v) is 15.6. The normalized spacial score (nSPS) is 20.8. The molecule has 37 heavy (non-hydrogen) atoms. The van der Waals surface area contributed by atoms with Gasteiger partial charge in [0, 0.05) is 4.90 Å². The molecule has 1 aliphatic rings. The van der Waals surface area contributed by atoms with Gasteiger partial charge >= 0.3 is 0 Å². The Kier molecular flexibility index (Phi) is 8.79. The molecule has 1 saturated heterocycles. The van der Waals surface area contributed by atoms with Gasteiger partial charge in [-0.25, -0.2) is 0 Å². The number of rotatable bonds is 9. The molecule has 0 spiro atoms. The summed E-state index contributed by atoms with van der Waals surface area (Å²) in [6.45, 7) is 10.6. The number of aliphatic hydroxyl groups is 1.